The van der Waals surface area contributed by atoms with Gasteiger partial charge in [0.15, 0.2) is 0 Å². The molecule has 0 aromatic heterocycles. The van der Waals surface area contributed by atoms with Gasteiger partial charge in [0, 0.05) is 24.6 Å². The van der Waals surface area contributed by atoms with Crippen molar-refractivity contribution in [1.29, 1.82) is 0 Å². The number of methoxy groups -OCH3 is 1. The van der Waals surface area contributed by atoms with E-state index in [4.69, 9.17) is 0 Å². The zero-order valence-corrected chi connectivity index (χ0v) is 19.3. The van der Waals surface area contributed by atoms with Crippen molar-refractivity contribution in [2.45, 2.75) is 51.0 Å². The van der Waals surface area contributed by atoms with E-state index in [9.17, 15) is 9.90 Å². The van der Waals surface area contributed by atoms with Crippen molar-refractivity contribution < 1.29 is 19.0 Å². The zero-order valence-electron chi connectivity index (χ0n) is 19.3. The second-order valence-electron chi connectivity index (χ2n) is 8.93. The summed E-state index contributed by atoms with van der Waals surface area (Å²) in [6, 6.07) is 12.9. The second kappa shape index (κ2) is 10.9. The number of nitrogens with one attached hydrogen (secondary N) is 2. The van der Waals surface area contributed by atoms with Gasteiger partial charge in [-0.15, -0.1) is 0 Å². The van der Waals surface area contributed by atoms with Crippen LogP contribution in [0.4, 0.5) is 9.18 Å². The zero-order chi connectivity index (χ0) is 23.1. The van der Waals surface area contributed by atoms with Gasteiger partial charge >= 0.3 is 6.09 Å². The fourth-order valence-electron chi connectivity index (χ4n) is 4.67. The summed E-state index contributed by atoms with van der Waals surface area (Å²) in [5, 5.41) is 18.2. The van der Waals surface area contributed by atoms with Gasteiger partial charge in [-0.25, -0.2) is 9.18 Å². The number of amides is 1. The molecule has 5 nitrogen and oxygen atoms in total. The molecule has 174 valence electrons. The molecule has 2 unspecified atom stereocenters. The monoisotopic (exact) mass is 442 g/mol. The van der Waals surface area contributed by atoms with Crippen LogP contribution in [-0.4, -0.2) is 37.9 Å². The summed E-state index contributed by atoms with van der Waals surface area (Å²) in [5.41, 5.74) is 1.76. The number of hydrogen-bond acceptors (Lipinski definition) is 4. The lowest BCUT2D eigenvalue weighted by atomic mass is 9.72. The normalized spacial score (nSPS) is 18.2. The average Bonchev–Trinajstić information content (AvgIpc) is 2.82. The van der Waals surface area contributed by atoms with Crippen molar-refractivity contribution in [2.24, 2.45) is 5.92 Å². The lowest BCUT2D eigenvalue weighted by Crippen LogP contribution is -2.45. The molecular weight excluding hydrogens is 407 g/mol. The minimum Gasteiger partial charge on any atom is -0.453 e. The van der Waals surface area contributed by atoms with Crippen LogP contribution in [0.3, 0.4) is 0 Å². The molecule has 2 aromatic carbocycles. The van der Waals surface area contributed by atoms with Gasteiger partial charge in [0.2, 0.25) is 0 Å². The Balaban J connectivity index is 2.01. The predicted octanol–water partition coefficient (Wildman–Crippen LogP) is 4.94. The third-order valence-electron chi connectivity index (χ3n) is 6.48. The van der Waals surface area contributed by atoms with Gasteiger partial charge in [0.25, 0.3) is 0 Å². The van der Waals surface area contributed by atoms with Gasteiger partial charge in [-0.1, -0.05) is 50.2 Å². The van der Waals surface area contributed by atoms with Crippen LogP contribution in [0.2, 0.25) is 0 Å². The first-order valence-electron chi connectivity index (χ1n) is 11.5. The van der Waals surface area contributed by atoms with E-state index in [1.807, 2.05) is 30.3 Å². The number of aliphatic hydroxyl groups is 1. The Hall–Kier alpha value is -2.44. The first-order valence-corrected chi connectivity index (χ1v) is 11.5. The van der Waals surface area contributed by atoms with Crippen LogP contribution in [0.25, 0.3) is 11.1 Å². The summed E-state index contributed by atoms with van der Waals surface area (Å²) in [4.78, 5) is 11.4. The molecule has 0 saturated carbocycles. The van der Waals surface area contributed by atoms with Crippen molar-refractivity contribution >= 4 is 6.09 Å². The highest BCUT2D eigenvalue weighted by Crippen LogP contribution is 2.43. The van der Waals surface area contributed by atoms with E-state index in [2.05, 4.69) is 29.2 Å². The van der Waals surface area contributed by atoms with Crippen molar-refractivity contribution in [3.8, 4) is 11.1 Å². The van der Waals surface area contributed by atoms with Crippen molar-refractivity contribution in [3.05, 3.63) is 59.4 Å². The maximum absolute atomic E-state index is 15.3. The number of rotatable bonds is 8. The molecule has 1 fully saturated rings. The Kier molecular flexibility index (Phi) is 8.26. The Labute approximate surface area is 190 Å². The first kappa shape index (κ1) is 24.2. The highest BCUT2D eigenvalue weighted by Gasteiger charge is 2.40. The van der Waals surface area contributed by atoms with E-state index in [0.29, 0.717) is 43.0 Å². The van der Waals surface area contributed by atoms with E-state index in [1.165, 1.54) is 13.2 Å². The van der Waals surface area contributed by atoms with Gasteiger partial charge in [-0.3, -0.25) is 0 Å². The van der Waals surface area contributed by atoms with Crippen LogP contribution < -0.4 is 10.6 Å². The van der Waals surface area contributed by atoms with Crippen LogP contribution >= 0.6 is 0 Å². The summed E-state index contributed by atoms with van der Waals surface area (Å²) >= 11 is 0. The Morgan fingerprint density at radius 2 is 2.09 bits per heavy atom. The lowest BCUT2D eigenvalue weighted by Gasteiger charge is -2.40. The molecule has 0 spiro atoms. The smallest absolute Gasteiger partial charge is 0.406 e. The number of benzene rings is 2. The van der Waals surface area contributed by atoms with Crippen molar-refractivity contribution in [2.75, 3.05) is 26.7 Å². The summed E-state index contributed by atoms with van der Waals surface area (Å²) in [7, 11) is 1.32. The fraction of sp³-hybridized carbons (Fsp3) is 0.500. The predicted molar refractivity (Wildman–Crippen MR) is 125 cm³/mol. The standard InChI is InChI=1S/C26H35FN2O3/c1-18(2)19-8-4-9-20(16-19)24-22(11-5-12-23(24)27)26(31,21-10-6-14-28-17-21)13-7-15-29-25(30)32-3/h4-5,8-9,11-12,16,18,21,28,31H,6-7,10,13-15,17H2,1-3H3,(H,29,30). The van der Waals surface area contributed by atoms with Gasteiger partial charge < -0.3 is 20.5 Å². The summed E-state index contributed by atoms with van der Waals surface area (Å²) in [5.74, 6) is -0.0718. The Morgan fingerprint density at radius 3 is 2.78 bits per heavy atom. The van der Waals surface area contributed by atoms with E-state index >= 15 is 4.39 Å². The molecule has 2 aromatic rings. The van der Waals surface area contributed by atoms with Crippen LogP contribution in [0.5, 0.6) is 0 Å². The van der Waals surface area contributed by atoms with Crippen LogP contribution in [0, 0.1) is 11.7 Å². The first-order chi connectivity index (χ1) is 15.4. The molecule has 0 radical (unpaired) electrons. The van der Waals surface area contributed by atoms with Crippen LogP contribution in [0.1, 0.15) is 56.6 Å². The molecule has 1 saturated heterocycles. The highest BCUT2D eigenvalue weighted by molar-refractivity contribution is 5.70. The maximum atomic E-state index is 15.3. The number of ether oxygens (including phenoxy) is 1. The molecule has 1 heterocycles. The van der Waals surface area contributed by atoms with Crippen molar-refractivity contribution in [1.82, 2.24) is 10.6 Å². The summed E-state index contributed by atoms with van der Waals surface area (Å²) in [6.07, 6.45) is 2.27. The van der Waals surface area contributed by atoms with Crippen LogP contribution in [0.15, 0.2) is 42.5 Å². The SMILES string of the molecule is COC(=O)NCCCC(O)(c1cccc(F)c1-c1cccc(C(C)C)c1)C1CCCNC1. The number of carbonyl (C=O) groups excluding carboxylic acids is 1. The molecule has 0 aliphatic carbocycles. The van der Waals surface area contributed by atoms with E-state index in [0.717, 1.165) is 30.5 Å². The summed E-state index contributed by atoms with van der Waals surface area (Å²) in [6.45, 7) is 6.19. The molecular formula is C26H35FN2O3. The number of hydrogen-bond donors (Lipinski definition) is 3. The van der Waals surface area contributed by atoms with E-state index < -0.39 is 11.7 Å². The van der Waals surface area contributed by atoms with Gasteiger partial charge in [-0.05, 0) is 60.9 Å². The number of piperidine rings is 1. The molecule has 1 aliphatic rings. The molecule has 3 N–H and O–H groups in total. The molecule has 3 rings (SSSR count). The van der Waals surface area contributed by atoms with Gasteiger partial charge in [-0.2, -0.15) is 0 Å². The Bertz CT molecular complexity index is 912. The molecule has 1 amide bonds. The number of halogens is 1. The Morgan fingerprint density at radius 1 is 1.31 bits per heavy atom. The van der Waals surface area contributed by atoms with Gasteiger partial charge in [0.1, 0.15) is 5.82 Å². The van der Waals surface area contributed by atoms with Crippen LogP contribution in [-0.2, 0) is 10.3 Å². The number of carbonyl (C=O) groups is 1. The summed E-state index contributed by atoms with van der Waals surface area (Å²) < 4.78 is 19.9. The average molecular weight is 443 g/mol. The fourth-order valence-corrected chi connectivity index (χ4v) is 4.67. The minimum atomic E-state index is -1.23. The van der Waals surface area contributed by atoms with E-state index in [1.54, 1.807) is 6.07 Å². The minimum absolute atomic E-state index is 0.0526. The van der Waals surface area contributed by atoms with Crippen molar-refractivity contribution in [3.63, 3.8) is 0 Å². The second-order valence-corrected chi connectivity index (χ2v) is 8.93. The third-order valence-corrected chi connectivity index (χ3v) is 6.48. The number of alkyl carbamates (subject to hydrolysis) is 1. The third kappa shape index (κ3) is 5.48. The lowest BCUT2D eigenvalue weighted by molar-refractivity contribution is -0.0417. The molecule has 2 atom stereocenters. The van der Waals surface area contributed by atoms with E-state index in [-0.39, 0.29) is 11.7 Å². The molecule has 1 aliphatic heterocycles. The molecule has 32 heavy (non-hydrogen) atoms. The maximum Gasteiger partial charge on any atom is 0.406 e. The quantitative estimate of drug-likeness (QED) is 0.507. The topological polar surface area (TPSA) is 70.6 Å². The highest BCUT2D eigenvalue weighted by atomic mass is 19.1. The molecule has 0 bridgehead atoms. The molecule has 6 heteroatoms. The largest absolute Gasteiger partial charge is 0.453 e. The van der Waals surface area contributed by atoms with Gasteiger partial charge in [0.05, 0.1) is 12.7 Å².